The number of anilines is 2. The highest BCUT2D eigenvalue weighted by Crippen LogP contribution is 2.32. The van der Waals surface area contributed by atoms with Gasteiger partial charge in [0.15, 0.2) is 5.82 Å². The molecule has 1 amide bonds. The van der Waals surface area contributed by atoms with E-state index in [4.69, 9.17) is 4.74 Å². The number of carbonyl (C=O) groups excluding carboxylic acids is 1. The van der Waals surface area contributed by atoms with Crippen molar-refractivity contribution >= 4 is 50.9 Å². The summed E-state index contributed by atoms with van der Waals surface area (Å²) in [5.74, 6) is 0.526. The van der Waals surface area contributed by atoms with Crippen LogP contribution in [0.2, 0.25) is 0 Å². The van der Waals surface area contributed by atoms with E-state index in [9.17, 15) is 10.1 Å². The summed E-state index contributed by atoms with van der Waals surface area (Å²) in [6.07, 6.45) is 0. The molecule has 32 heavy (non-hydrogen) atoms. The maximum Gasteiger partial charge on any atom is 0.256 e. The highest BCUT2D eigenvalue weighted by molar-refractivity contribution is 14.1. The van der Waals surface area contributed by atoms with Crippen molar-refractivity contribution in [3.8, 4) is 11.8 Å². The number of hydrogen-bond acceptors (Lipinski definition) is 5. The summed E-state index contributed by atoms with van der Waals surface area (Å²) in [4.78, 5) is 17.4. The summed E-state index contributed by atoms with van der Waals surface area (Å²) in [6.45, 7) is 0.534. The molecule has 0 atom stereocenters. The molecule has 4 rings (SSSR count). The van der Waals surface area contributed by atoms with E-state index in [1.54, 1.807) is 31.4 Å². The number of aromatic nitrogens is 1. The molecule has 0 spiro atoms. The Morgan fingerprint density at radius 3 is 2.53 bits per heavy atom. The zero-order chi connectivity index (χ0) is 22.5. The van der Waals surface area contributed by atoms with Crippen molar-refractivity contribution in [2.75, 3.05) is 17.7 Å². The third-order valence-corrected chi connectivity index (χ3v) is 5.63. The molecule has 0 saturated heterocycles. The first kappa shape index (κ1) is 21.6. The van der Waals surface area contributed by atoms with Gasteiger partial charge in [0.25, 0.3) is 5.91 Å². The Hall–Kier alpha value is -3.64. The van der Waals surface area contributed by atoms with Crippen molar-refractivity contribution in [1.82, 2.24) is 4.98 Å². The number of nitriles is 1. The van der Waals surface area contributed by atoms with Crippen LogP contribution in [0.25, 0.3) is 10.9 Å². The number of nitrogens with one attached hydrogen (secondary N) is 2. The number of amides is 1. The number of methoxy groups -OCH3 is 1. The standard InChI is InChI=1S/C25H19IN4O2/c1-32-19-10-7-17(8-11-19)25(31)30-24-21(14-27)23(28-15-16-5-3-2-4-6-16)20-13-18(26)9-12-22(20)29-24/h2-13H,15H2,1H3,(H2,28,29,30,31)/i26-2. The maximum absolute atomic E-state index is 12.8. The number of fused-ring (bicyclic) bond motifs is 1. The van der Waals surface area contributed by atoms with Crippen LogP contribution >= 0.6 is 22.6 Å². The first-order chi connectivity index (χ1) is 15.6. The van der Waals surface area contributed by atoms with Crippen LogP contribution < -0.4 is 15.4 Å². The molecule has 0 bridgehead atoms. The van der Waals surface area contributed by atoms with Gasteiger partial charge in [0, 0.05) is 21.1 Å². The Morgan fingerprint density at radius 1 is 1.09 bits per heavy atom. The minimum atomic E-state index is -0.351. The lowest BCUT2D eigenvalue weighted by Crippen LogP contribution is -2.15. The van der Waals surface area contributed by atoms with Crippen LogP contribution in [0.1, 0.15) is 21.5 Å². The normalized spacial score (nSPS) is 10.4. The van der Waals surface area contributed by atoms with E-state index in [0.717, 1.165) is 14.5 Å². The smallest absolute Gasteiger partial charge is 0.256 e. The average molecular weight is 532 g/mol. The average Bonchev–Trinajstić information content (AvgIpc) is 2.83. The van der Waals surface area contributed by atoms with Crippen molar-refractivity contribution in [3.63, 3.8) is 0 Å². The van der Waals surface area contributed by atoms with Gasteiger partial charge in [0.1, 0.15) is 17.4 Å². The number of halogens is 1. The fourth-order valence-electron chi connectivity index (χ4n) is 3.33. The van der Waals surface area contributed by atoms with Crippen LogP contribution in [0.5, 0.6) is 5.75 Å². The first-order valence-electron chi connectivity index (χ1n) is 9.85. The van der Waals surface area contributed by atoms with E-state index in [1.807, 2.05) is 48.5 Å². The first-order valence-corrected chi connectivity index (χ1v) is 10.9. The van der Waals surface area contributed by atoms with E-state index < -0.39 is 0 Å². The Bertz CT molecular complexity index is 1320. The predicted molar refractivity (Wildman–Crippen MR) is 134 cm³/mol. The van der Waals surface area contributed by atoms with Crippen molar-refractivity contribution < 1.29 is 9.53 Å². The van der Waals surface area contributed by atoms with E-state index in [0.29, 0.717) is 29.1 Å². The molecule has 158 valence electrons. The lowest BCUT2D eigenvalue weighted by Gasteiger charge is -2.16. The number of ether oxygens (including phenoxy) is 1. The second-order valence-corrected chi connectivity index (χ2v) is 8.25. The van der Waals surface area contributed by atoms with Crippen LogP contribution in [0.15, 0.2) is 72.8 Å². The van der Waals surface area contributed by atoms with Gasteiger partial charge in [-0.2, -0.15) is 5.26 Å². The van der Waals surface area contributed by atoms with Gasteiger partial charge in [-0.3, -0.25) is 4.79 Å². The van der Waals surface area contributed by atoms with Gasteiger partial charge in [0.2, 0.25) is 0 Å². The third-order valence-electron chi connectivity index (χ3n) is 4.96. The van der Waals surface area contributed by atoms with E-state index in [2.05, 4.69) is 44.3 Å². The van der Waals surface area contributed by atoms with E-state index >= 15 is 0 Å². The largest absolute Gasteiger partial charge is 0.497 e. The molecule has 1 heterocycles. The summed E-state index contributed by atoms with van der Waals surface area (Å²) in [5.41, 5.74) is 3.14. The third kappa shape index (κ3) is 4.65. The molecule has 3 aromatic carbocycles. The molecule has 0 aliphatic carbocycles. The molecule has 0 fully saturated rings. The minimum Gasteiger partial charge on any atom is -0.497 e. The molecule has 0 unspecified atom stereocenters. The number of benzene rings is 3. The lowest BCUT2D eigenvalue weighted by molar-refractivity contribution is 0.102. The molecule has 7 heteroatoms. The van der Waals surface area contributed by atoms with Gasteiger partial charge in [-0.25, -0.2) is 4.98 Å². The maximum atomic E-state index is 12.8. The van der Waals surface area contributed by atoms with Gasteiger partial charge in [-0.15, -0.1) is 0 Å². The van der Waals surface area contributed by atoms with Crippen LogP contribution in [0, 0.1) is 14.9 Å². The summed E-state index contributed by atoms with van der Waals surface area (Å²) < 4.78 is 6.17. The van der Waals surface area contributed by atoms with E-state index in [1.165, 1.54) is 0 Å². The highest BCUT2D eigenvalue weighted by Gasteiger charge is 2.18. The molecule has 1 aromatic heterocycles. The zero-order valence-corrected chi connectivity index (χ0v) is 19.4. The van der Waals surface area contributed by atoms with Crippen LogP contribution in [-0.2, 0) is 6.54 Å². The molecular weight excluding hydrogens is 513 g/mol. The number of carbonyl (C=O) groups is 1. The topological polar surface area (TPSA) is 87.0 Å². The van der Waals surface area contributed by atoms with Gasteiger partial charge < -0.3 is 15.4 Å². The van der Waals surface area contributed by atoms with Gasteiger partial charge in [-0.1, -0.05) is 30.3 Å². The molecule has 2 N–H and O–H groups in total. The molecule has 0 radical (unpaired) electrons. The minimum absolute atomic E-state index is 0.220. The molecule has 0 saturated carbocycles. The second kappa shape index (κ2) is 9.66. The predicted octanol–water partition coefficient (Wildman–Crippen LogP) is 5.58. The summed E-state index contributed by atoms with van der Waals surface area (Å²) in [5, 5.41) is 17.0. The van der Waals surface area contributed by atoms with Crippen molar-refractivity contribution in [2.24, 2.45) is 0 Å². The van der Waals surface area contributed by atoms with Crippen LogP contribution in [-0.4, -0.2) is 18.0 Å². The number of hydrogen-bond donors (Lipinski definition) is 2. The SMILES string of the molecule is COc1ccc(C(=O)Nc2nc3ccc([125I])cc3c(NCc3ccccc3)c2C#N)cc1. The van der Waals surface area contributed by atoms with Gasteiger partial charge in [0.05, 0.1) is 18.3 Å². The van der Waals surface area contributed by atoms with Gasteiger partial charge in [-0.05, 0) is 70.6 Å². The van der Waals surface area contributed by atoms with Crippen LogP contribution in [0.4, 0.5) is 11.5 Å². The van der Waals surface area contributed by atoms with Crippen molar-refractivity contribution in [2.45, 2.75) is 6.54 Å². The highest BCUT2D eigenvalue weighted by atomic mass is 125. The molecule has 0 aliphatic rings. The quantitative estimate of drug-likeness (QED) is 0.317. The van der Waals surface area contributed by atoms with Crippen molar-refractivity contribution in [3.05, 3.63) is 93.1 Å². The zero-order valence-electron chi connectivity index (χ0n) is 17.2. The fraction of sp³-hybridized carbons (Fsp3) is 0.0800. The summed E-state index contributed by atoms with van der Waals surface area (Å²) in [6, 6.07) is 24.7. The van der Waals surface area contributed by atoms with Crippen molar-refractivity contribution in [1.29, 1.82) is 5.26 Å². The molecule has 0 aliphatic heterocycles. The Morgan fingerprint density at radius 2 is 1.84 bits per heavy atom. The molecular formula is C25H19IN4O2. The summed E-state index contributed by atoms with van der Waals surface area (Å²) in [7, 11) is 1.57. The van der Waals surface area contributed by atoms with E-state index in [-0.39, 0.29) is 17.3 Å². The Kier molecular flexibility index (Phi) is 6.52. The summed E-state index contributed by atoms with van der Waals surface area (Å²) >= 11 is 2.23. The molecule has 4 aromatic rings. The number of rotatable bonds is 6. The fourth-order valence-corrected chi connectivity index (χ4v) is 3.82. The number of pyridine rings is 1. The lowest BCUT2D eigenvalue weighted by atomic mass is 10.1. The van der Waals surface area contributed by atoms with Gasteiger partial charge >= 0.3 is 0 Å². The van der Waals surface area contributed by atoms with Crippen LogP contribution in [0.3, 0.4) is 0 Å². The Labute approximate surface area is 199 Å². The molecule has 6 nitrogen and oxygen atoms in total. The monoisotopic (exact) mass is 532 g/mol. The number of nitrogens with zero attached hydrogens (tertiary/aromatic N) is 2. The Balaban J connectivity index is 1.74. The second-order valence-electron chi connectivity index (χ2n) is 7.01.